The standard InChI is InChI=1S/C34H30N4O2/c1-2-11-33(39)35-29-16-7-8-17-30(29)36-34(40)22-38-23-37(31-18-9-10-19-32(31)38)21-28-26-14-5-3-12-24(26)20-25-13-4-6-15-27(25)28/h3-10,12-20,23H,2,11,21-22H2,1H3,(H-,35,36,39,40)/p+1. The smallest absolute Gasteiger partial charge is 0.266 e. The highest BCUT2D eigenvalue weighted by atomic mass is 16.2. The molecule has 6 heteroatoms. The van der Waals surface area contributed by atoms with Gasteiger partial charge in [-0.3, -0.25) is 9.59 Å². The van der Waals surface area contributed by atoms with Crippen molar-refractivity contribution in [2.75, 3.05) is 10.6 Å². The fraction of sp³-hybridized carbons (Fsp3) is 0.147. The number of aromatic nitrogens is 2. The average molecular weight is 528 g/mol. The van der Waals surface area contributed by atoms with Crippen molar-refractivity contribution in [3.8, 4) is 0 Å². The molecule has 0 radical (unpaired) electrons. The molecule has 40 heavy (non-hydrogen) atoms. The normalized spacial score (nSPS) is 11.2. The molecule has 198 valence electrons. The molecule has 0 aliphatic rings. The Kier molecular flexibility index (Phi) is 6.98. The van der Waals surface area contributed by atoms with E-state index in [1.54, 1.807) is 12.1 Å². The largest absolute Gasteiger partial charge is 0.324 e. The third-order valence-corrected chi connectivity index (χ3v) is 7.26. The summed E-state index contributed by atoms with van der Waals surface area (Å²) >= 11 is 0. The molecule has 0 atom stereocenters. The summed E-state index contributed by atoms with van der Waals surface area (Å²) in [5.41, 5.74) is 4.47. The summed E-state index contributed by atoms with van der Waals surface area (Å²) in [5, 5.41) is 10.8. The van der Waals surface area contributed by atoms with Gasteiger partial charge in [-0.05, 0) is 58.3 Å². The summed E-state index contributed by atoms with van der Waals surface area (Å²) in [6.07, 6.45) is 3.22. The van der Waals surface area contributed by atoms with Gasteiger partial charge in [0.25, 0.3) is 5.91 Å². The van der Waals surface area contributed by atoms with Crippen LogP contribution in [-0.4, -0.2) is 16.4 Å². The number of amides is 2. The number of carbonyl (C=O) groups is 2. The topological polar surface area (TPSA) is 67.0 Å². The maximum Gasteiger partial charge on any atom is 0.266 e. The molecular formula is C34H31N4O2+. The number of nitrogens with zero attached hydrogens (tertiary/aromatic N) is 2. The van der Waals surface area contributed by atoms with Crippen LogP contribution in [0.1, 0.15) is 25.3 Å². The van der Waals surface area contributed by atoms with Gasteiger partial charge in [-0.15, -0.1) is 0 Å². The van der Waals surface area contributed by atoms with Crippen LogP contribution >= 0.6 is 0 Å². The second-order valence-corrected chi connectivity index (χ2v) is 10.0. The minimum absolute atomic E-state index is 0.0670. The lowest BCUT2D eigenvalue weighted by molar-refractivity contribution is -0.662. The molecule has 0 spiro atoms. The molecule has 0 aliphatic heterocycles. The SMILES string of the molecule is CCCC(=O)Nc1ccccc1NC(=O)Cn1c[n+](Cc2c3ccccc3cc3ccccc23)c2ccccc21. The average Bonchev–Trinajstić information content (AvgIpc) is 3.30. The van der Waals surface area contributed by atoms with Crippen molar-refractivity contribution >= 4 is 55.8 Å². The molecule has 5 aromatic carbocycles. The van der Waals surface area contributed by atoms with Gasteiger partial charge < -0.3 is 10.6 Å². The van der Waals surface area contributed by atoms with Gasteiger partial charge in [-0.2, -0.15) is 0 Å². The summed E-state index contributed by atoms with van der Waals surface area (Å²) in [6, 6.07) is 34.7. The predicted octanol–water partition coefficient (Wildman–Crippen LogP) is 6.66. The van der Waals surface area contributed by atoms with Crippen molar-refractivity contribution in [3.05, 3.63) is 115 Å². The third-order valence-electron chi connectivity index (χ3n) is 7.26. The molecule has 0 saturated heterocycles. The molecule has 2 amide bonds. The van der Waals surface area contributed by atoms with Crippen LogP contribution in [0, 0.1) is 0 Å². The van der Waals surface area contributed by atoms with E-state index in [1.807, 2.05) is 48.1 Å². The number of para-hydroxylation sites is 4. The number of hydrogen-bond donors (Lipinski definition) is 2. The summed E-state index contributed by atoms with van der Waals surface area (Å²) in [6.45, 7) is 2.77. The van der Waals surface area contributed by atoms with E-state index >= 15 is 0 Å². The molecule has 6 rings (SSSR count). The van der Waals surface area contributed by atoms with Gasteiger partial charge in [0.05, 0.1) is 11.4 Å². The molecular weight excluding hydrogens is 496 g/mol. The second-order valence-electron chi connectivity index (χ2n) is 10.0. The molecule has 6 aromatic rings. The molecule has 2 N–H and O–H groups in total. The number of fused-ring (bicyclic) bond motifs is 3. The molecule has 0 aliphatic carbocycles. The molecule has 0 fully saturated rings. The van der Waals surface area contributed by atoms with Crippen molar-refractivity contribution in [2.24, 2.45) is 0 Å². The van der Waals surface area contributed by atoms with Crippen LogP contribution in [0.2, 0.25) is 0 Å². The van der Waals surface area contributed by atoms with Gasteiger partial charge in [-0.25, -0.2) is 9.13 Å². The Morgan fingerprint density at radius 3 is 1.98 bits per heavy atom. The number of nitrogens with one attached hydrogen (secondary N) is 2. The Morgan fingerprint density at radius 2 is 1.30 bits per heavy atom. The Hall–Kier alpha value is -4.97. The maximum atomic E-state index is 13.3. The number of imidazole rings is 1. The number of hydrogen-bond acceptors (Lipinski definition) is 2. The van der Waals surface area contributed by atoms with E-state index in [0.717, 1.165) is 17.5 Å². The van der Waals surface area contributed by atoms with Gasteiger partial charge in [0, 0.05) is 12.0 Å². The first-order chi connectivity index (χ1) is 19.6. The second kappa shape index (κ2) is 11.0. The highest BCUT2D eigenvalue weighted by Crippen LogP contribution is 2.29. The molecule has 6 nitrogen and oxygen atoms in total. The lowest BCUT2D eigenvalue weighted by Crippen LogP contribution is -2.33. The fourth-order valence-electron chi connectivity index (χ4n) is 5.43. The fourth-order valence-corrected chi connectivity index (χ4v) is 5.43. The summed E-state index contributed by atoms with van der Waals surface area (Å²) in [4.78, 5) is 25.4. The van der Waals surface area contributed by atoms with Crippen LogP contribution < -0.4 is 15.2 Å². The summed E-state index contributed by atoms with van der Waals surface area (Å²) < 4.78 is 4.20. The van der Waals surface area contributed by atoms with E-state index in [9.17, 15) is 9.59 Å². The Labute approximate surface area is 232 Å². The van der Waals surface area contributed by atoms with Crippen LogP contribution in [0.25, 0.3) is 32.6 Å². The first kappa shape index (κ1) is 25.3. The van der Waals surface area contributed by atoms with Crippen LogP contribution in [0.4, 0.5) is 11.4 Å². The summed E-state index contributed by atoms with van der Waals surface area (Å²) in [5.74, 6) is -0.233. The van der Waals surface area contributed by atoms with Gasteiger partial charge >= 0.3 is 0 Å². The minimum Gasteiger partial charge on any atom is -0.324 e. The van der Waals surface area contributed by atoms with E-state index in [4.69, 9.17) is 0 Å². The zero-order chi connectivity index (χ0) is 27.5. The molecule has 0 bridgehead atoms. The van der Waals surface area contributed by atoms with E-state index in [2.05, 4.69) is 75.9 Å². The van der Waals surface area contributed by atoms with Crippen molar-refractivity contribution < 1.29 is 14.2 Å². The zero-order valence-electron chi connectivity index (χ0n) is 22.4. The monoisotopic (exact) mass is 527 g/mol. The van der Waals surface area contributed by atoms with E-state index in [-0.39, 0.29) is 18.4 Å². The van der Waals surface area contributed by atoms with E-state index in [1.165, 1.54) is 27.1 Å². The van der Waals surface area contributed by atoms with Crippen LogP contribution in [0.3, 0.4) is 0 Å². The number of rotatable bonds is 8. The molecule has 1 aromatic heterocycles. The van der Waals surface area contributed by atoms with Crippen molar-refractivity contribution in [1.29, 1.82) is 0 Å². The van der Waals surface area contributed by atoms with Gasteiger partial charge in [0.2, 0.25) is 12.2 Å². The molecule has 0 saturated carbocycles. The molecule has 1 heterocycles. The van der Waals surface area contributed by atoms with Crippen LogP contribution in [0.15, 0.2) is 109 Å². The quantitative estimate of drug-likeness (QED) is 0.172. The predicted molar refractivity (Wildman–Crippen MR) is 161 cm³/mol. The Bertz CT molecular complexity index is 1820. The maximum absolute atomic E-state index is 13.3. The van der Waals surface area contributed by atoms with Crippen molar-refractivity contribution in [3.63, 3.8) is 0 Å². The third kappa shape index (κ3) is 5.04. The van der Waals surface area contributed by atoms with Gasteiger partial charge in [0.1, 0.15) is 6.54 Å². The molecule has 0 unspecified atom stereocenters. The van der Waals surface area contributed by atoms with Crippen LogP contribution in [0.5, 0.6) is 0 Å². The highest BCUT2D eigenvalue weighted by Gasteiger charge is 2.20. The number of benzene rings is 5. The van der Waals surface area contributed by atoms with Crippen molar-refractivity contribution in [1.82, 2.24) is 4.57 Å². The minimum atomic E-state index is -0.166. The van der Waals surface area contributed by atoms with Crippen molar-refractivity contribution in [2.45, 2.75) is 32.9 Å². The zero-order valence-corrected chi connectivity index (χ0v) is 22.4. The first-order valence-corrected chi connectivity index (χ1v) is 13.7. The van der Waals surface area contributed by atoms with E-state index in [0.29, 0.717) is 24.3 Å². The summed E-state index contributed by atoms with van der Waals surface area (Å²) in [7, 11) is 0. The van der Waals surface area contributed by atoms with Gasteiger partial charge in [-0.1, -0.05) is 79.7 Å². The Balaban J connectivity index is 1.32. The highest BCUT2D eigenvalue weighted by molar-refractivity contribution is 6.02. The number of carbonyl (C=O) groups excluding carboxylic acids is 2. The van der Waals surface area contributed by atoms with Crippen LogP contribution in [-0.2, 0) is 22.7 Å². The first-order valence-electron chi connectivity index (χ1n) is 13.7. The van der Waals surface area contributed by atoms with Gasteiger partial charge in [0.15, 0.2) is 17.6 Å². The lowest BCUT2D eigenvalue weighted by atomic mass is 9.96. The van der Waals surface area contributed by atoms with E-state index < -0.39 is 0 Å². The Morgan fingerprint density at radius 1 is 0.725 bits per heavy atom. The lowest BCUT2D eigenvalue weighted by Gasteiger charge is -2.11. The number of anilines is 2.